The Kier molecular flexibility index (Phi) is 27.5. The van der Waals surface area contributed by atoms with Crippen molar-refractivity contribution in [3.63, 3.8) is 0 Å². The molecule has 496 valence electrons. The van der Waals surface area contributed by atoms with Gasteiger partial charge in [0, 0.05) is 51.2 Å². The van der Waals surface area contributed by atoms with Crippen LogP contribution >= 0.6 is 47.8 Å². The van der Waals surface area contributed by atoms with Gasteiger partial charge in [-0.3, -0.25) is 34.1 Å². The summed E-state index contributed by atoms with van der Waals surface area (Å²) in [7, 11) is 3.35. The average Bonchev–Trinajstić information content (AvgIpc) is 1.68. The number of aliphatic imine (C=N–C) groups is 1. The molecule has 11 N–H and O–H groups in total. The molecular weight excluding hydrogens is 1450 g/mol. The van der Waals surface area contributed by atoms with Gasteiger partial charge in [0.25, 0.3) is 0 Å². The molecule has 10 rings (SSSR count). The molecular formula is C51H53Br3F3N19O17. The molecule has 36 nitrogen and oxygen atoms in total. The average molecular weight is 1500 g/mol. The van der Waals surface area contributed by atoms with Crippen LogP contribution in [0.4, 0.5) is 36.3 Å². The Morgan fingerprint density at radius 1 is 0.624 bits per heavy atom. The number of carbonyl (C=O) groups is 6. The number of Topliss-reactive ketones (excluding diaryl/α,β-unsaturated/α-hetero) is 1. The van der Waals surface area contributed by atoms with Crippen molar-refractivity contribution >= 4 is 112 Å². The molecule has 0 saturated heterocycles. The van der Waals surface area contributed by atoms with Crippen LogP contribution in [0.2, 0.25) is 0 Å². The number of hydroxylamine groups is 1. The summed E-state index contributed by atoms with van der Waals surface area (Å²) in [5.41, 5.74) is 13.8. The number of anilines is 3. The zero-order valence-corrected chi connectivity index (χ0v) is 53.2. The molecule has 93 heavy (non-hydrogen) atoms. The summed E-state index contributed by atoms with van der Waals surface area (Å²) in [6.45, 7) is 1.36. The topological polar surface area (TPSA) is 500 Å². The third kappa shape index (κ3) is 21.3. The van der Waals surface area contributed by atoms with Crippen LogP contribution in [0, 0.1) is 17.5 Å². The number of rotatable bonds is 20. The van der Waals surface area contributed by atoms with E-state index in [1.807, 2.05) is 5.48 Å². The van der Waals surface area contributed by atoms with Crippen LogP contribution in [0.3, 0.4) is 0 Å². The number of nitrogens with zero attached hydrogens (tertiary/aromatic N) is 11. The Hall–Kier alpha value is -10.0. The smallest absolute Gasteiger partial charge is 0.446 e. The van der Waals surface area contributed by atoms with Gasteiger partial charge >= 0.3 is 41.2 Å². The summed E-state index contributed by atoms with van der Waals surface area (Å²) in [5, 5.41) is 52.6. The fourth-order valence-electron chi connectivity index (χ4n) is 6.72. The number of amidine groups is 1. The summed E-state index contributed by atoms with van der Waals surface area (Å²) in [6, 6.07) is 12.6. The number of halogens is 6. The normalized spacial score (nSPS) is 12.1. The molecule has 0 bridgehead atoms. The maximum absolute atomic E-state index is 13.5. The van der Waals surface area contributed by atoms with E-state index in [1.165, 1.54) is 67.4 Å². The van der Waals surface area contributed by atoms with Crippen LogP contribution in [-0.4, -0.2) is 163 Å². The highest BCUT2D eigenvalue weighted by atomic mass is 79.9. The van der Waals surface area contributed by atoms with Gasteiger partial charge in [-0.05, 0) is 165 Å². The first kappa shape index (κ1) is 72.0. The number of ketones is 1. The van der Waals surface area contributed by atoms with Gasteiger partial charge in [0.2, 0.25) is 34.9 Å². The van der Waals surface area contributed by atoms with Crippen molar-refractivity contribution in [3.8, 4) is 34.4 Å². The quantitative estimate of drug-likeness (QED) is 0.0101. The summed E-state index contributed by atoms with van der Waals surface area (Å²) in [5.74, 6) is -7.44. The maximum atomic E-state index is 13.5. The highest BCUT2D eigenvalue weighted by molar-refractivity contribution is 9.11. The Bertz CT molecular complexity index is 4020. The third-order valence-corrected chi connectivity index (χ3v) is 13.4. The number of benzene rings is 3. The van der Waals surface area contributed by atoms with Gasteiger partial charge in [-0.15, -0.1) is 0 Å². The largest absolute Gasteiger partial charge is 0.463 e. The second kappa shape index (κ2) is 35.5. The molecule has 2 aliphatic rings. The van der Waals surface area contributed by atoms with E-state index in [1.54, 1.807) is 0 Å². The predicted molar refractivity (Wildman–Crippen MR) is 322 cm³/mol. The van der Waals surface area contributed by atoms with E-state index in [0.29, 0.717) is 36.9 Å². The molecule has 5 aromatic heterocycles. The molecule has 0 radical (unpaired) electrons. The van der Waals surface area contributed by atoms with E-state index in [4.69, 9.17) is 20.6 Å². The van der Waals surface area contributed by atoms with E-state index >= 15 is 0 Å². The first-order chi connectivity index (χ1) is 44.6. The van der Waals surface area contributed by atoms with Gasteiger partial charge in [-0.1, -0.05) is 10.3 Å². The molecule has 0 atom stereocenters. The second-order valence-electron chi connectivity index (χ2n) is 18.4. The SMILES string of the molecule is COC(=O)C(=O)CCCNc1nonc1-c1noc(=O)n1-c1ccc(F)c(Br)c1.COC(=O)C(=O)OC.NC1CC1.NCCNc1nonc1-c1noc(=O)n1-c1ccc(F)c(Br)c1.O=C(NCCNc1nonc1C(=Nc1ccc(F)c(Br)c1)NO)C(=O)NC1CC1. The van der Waals surface area contributed by atoms with Crippen LogP contribution in [0.25, 0.3) is 34.4 Å². The standard InChI is InChI=1S/C16H17BrFN7O4.C16H13BrFN5O6.C12H10BrFN6O3.C4H6O4.C3H7N/c17-10-7-9(3-4-11(10)18)21-14(23-28)12-13(25-29-24-12)19-5-6-20-15(26)16(27)22-8-1-2-8;1-27-15(25)11(24)3-2-6-19-13-12(20-29-21-13)14-22-28-16(26)23(14)8-4-5-10(18)9(17)7-8;13-7-5-6(1-2-8(7)14)20-11(19-22-12(20)21)9-10(16-4-3-15)18-23-17-9;1-7-3(5)4(6)8-2;4-3-1-2-3/h3-4,7-8,28H,1-2,5-6H2,(H,19,25)(H,20,26)(H,21,23)(H,22,27);4-5,7H,2-3,6H2,1H3,(H,19,21);1-2,5H,3-4,15H2,(H,16,18);1-2H3;3H,1-2,4H2. The summed E-state index contributed by atoms with van der Waals surface area (Å²) < 4.78 is 78.7. The van der Waals surface area contributed by atoms with Crippen LogP contribution < -0.4 is 55.0 Å². The van der Waals surface area contributed by atoms with Crippen molar-refractivity contribution in [1.82, 2.24) is 66.5 Å². The van der Waals surface area contributed by atoms with E-state index in [-0.39, 0.29) is 103 Å². The number of aromatic nitrogens is 10. The minimum Gasteiger partial charge on any atom is -0.463 e. The molecule has 2 aliphatic carbocycles. The van der Waals surface area contributed by atoms with Crippen molar-refractivity contribution in [3.05, 3.63) is 112 Å². The molecule has 42 heteroatoms. The highest BCUT2D eigenvalue weighted by Gasteiger charge is 2.28. The Morgan fingerprint density at radius 2 is 1.10 bits per heavy atom. The Balaban J connectivity index is 0.000000203. The number of amides is 2. The lowest BCUT2D eigenvalue weighted by Crippen LogP contribution is -2.42. The Morgan fingerprint density at radius 3 is 1.56 bits per heavy atom. The minimum atomic E-state index is -0.979. The van der Waals surface area contributed by atoms with Gasteiger partial charge in [-0.25, -0.2) is 65.2 Å². The van der Waals surface area contributed by atoms with Crippen molar-refractivity contribution in [2.45, 2.75) is 50.6 Å². The molecule has 5 heterocycles. The molecule has 0 spiro atoms. The van der Waals surface area contributed by atoms with E-state index in [9.17, 15) is 56.7 Å². The summed E-state index contributed by atoms with van der Waals surface area (Å²) in [6.07, 6.45) is 4.58. The lowest BCUT2D eigenvalue weighted by atomic mass is 10.2. The van der Waals surface area contributed by atoms with Gasteiger partial charge < -0.3 is 52.3 Å². The fraction of sp³-hybridized carbons (Fsp3) is 0.314. The number of carbonyl (C=O) groups excluding carboxylic acids is 6. The van der Waals surface area contributed by atoms with Crippen molar-refractivity contribution in [2.24, 2.45) is 16.5 Å². The van der Waals surface area contributed by atoms with Crippen LogP contribution in [0.1, 0.15) is 44.2 Å². The fourth-order valence-corrected chi connectivity index (χ4v) is 7.82. The predicted octanol–water partition coefficient (Wildman–Crippen LogP) is 3.13. The Labute approximate surface area is 544 Å². The molecule has 0 unspecified atom stereocenters. The monoisotopic (exact) mass is 1500 g/mol. The van der Waals surface area contributed by atoms with Crippen LogP contribution in [0.15, 0.2) is 106 Å². The maximum Gasteiger partial charge on any atom is 0.446 e. The molecule has 3 aromatic carbocycles. The molecule has 2 saturated carbocycles. The van der Waals surface area contributed by atoms with Crippen molar-refractivity contribution in [1.29, 1.82) is 0 Å². The lowest BCUT2D eigenvalue weighted by molar-refractivity contribution is -0.164. The number of esters is 3. The first-order valence-corrected chi connectivity index (χ1v) is 29.0. The van der Waals surface area contributed by atoms with E-state index < -0.39 is 64.5 Å². The van der Waals surface area contributed by atoms with E-state index in [0.717, 1.165) is 43.3 Å². The van der Waals surface area contributed by atoms with Gasteiger partial charge in [-0.2, -0.15) is 0 Å². The summed E-state index contributed by atoms with van der Waals surface area (Å²) >= 11 is 9.17. The summed E-state index contributed by atoms with van der Waals surface area (Å²) in [4.78, 5) is 94.0. The van der Waals surface area contributed by atoms with Gasteiger partial charge in [0.15, 0.2) is 22.9 Å². The zero-order chi connectivity index (χ0) is 67.7. The number of ether oxygens (including phenoxy) is 3. The van der Waals surface area contributed by atoms with Crippen molar-refractivity contribution in [2.75, 3.05) is 70.0 Å². The lowest BCUT2D eigenvalue weighted by Gasteiger charge is -2.07. The molecule has 2 amide bonds. The number of nitrogens with one attached hydrogen (secondary N) is 6. The molecule has 0 aliphatic heterocycles. The minimum absolute atomic E-state index is 0.0251. The highest BCUT2D eigenvalue weighted by Crippen LogP contribution is 2.29. The molecule has 8 aromatic rings. The number of nitrogens with two attached hydrogens (primary N) is 2. The number of methoxy groups -OCH3 is 3. The third-order valence-electron chi connectivity index (χ3n) is 11.6. The molecule has 2 fully saturated rings. The number of hydrogen-bond donors (Lipinski definition) is 9. The zero-order valence-electron chi connectivity index (χ0n) is 48.5. The van der Waals surface area contributed by atoms with Gasteiger partial charge in [0.1, 0.15) is 17.5 Å². The van der Waals surface area contributed by atoms with Crippen LogP contribution in [-0.2, 0) is 43.0 Å². The van der Waals surface area contributed by atoms with Crippen LogP contribution in [0.5, 0.6) is 0 Å². The van der Waals surface area contributed by atoms with Gasteiger partial charge in [0.05, 0.1) is 51.8 Å². The second-order valence-corrected chi connectivity index (χ2v) is 20.9. The first-order valence-electron chi connectivity index (χ1n) is 26.7. The van der Waals surface area contributed by atoms with E-state index in [2.05, 4.69) is 149 Å². The van der Waals surface area contributed by atoms with Crippen molar-refractivity contribution < 1.29 is 84.3 Å². The number of hydrogen-bond acceptors (Lipinski definition) is 31.